The SMILES string of the molecule is CCc1ccc(/C=N/NC(=O)C(=O)Nc2ccc(C)cc2)cc1. The maximum absolute atomic E-state index is 11.7. The highest BCUT2D eigenvalue weighted by Gasteiger charge is 2.12. The molecule has 2 aromatic carbocycles. The third-order valence-electron chi connectivity index (χ3n) is 3.28. The number of hydrazone groups is 1. The molecule has 5 heteroatoms. The van der Waals surface area contributed by atoms with E-state index in [0.29, 0.717) is 5.69 Å². The fourth-order valence-corrected chi connectivity index (χ4v) is 1.88. The molecule has 0 aliphatic carbocycles. The Bertz CT molecular complexity index is 704. The maximum Gasteiger partial charge on any atom is 0.329 e. The van der Waals surface area contributed by atoms with Crippen molar-refractivity contribution in [1.82, 2.24) is 5.43 Å². The van der Waals surface area contributed by atoms with E-state index in [4.69, 9.17) is 0 Å². The van der Waals surface area contributed by atoms with Gasteiger partial charge >= 0.3 is 11.8 Å². The Balaban J connectivity index is 1.86. The Morgan fingerprint density at radius 3 is 2.26 bits per heavy atom. The van der Waals surface area contributed by atoms with Crippen LogP contribution < -0.4 is 10.7 Å². The molecule has 0 fully saturated rings. The second-order valence-corrected chi connectivity index (χ2v) is 5.11. The van der Waals surface area contributed by atoms with E-state index >= 15 is 0 Å². The second kappa shape index (κ2) is 7.89. The molecule has 2 aromatic rings. The highest BCUT2D eigenvalue weighted by Crippen LogP contribution is 2.08. The molecule has 5 nitrogen and oxygen atoms in total. The molecule has 0 saturated heterocycles. The highest BCUT2D eigenvalue weighted by atomic mass is 16.2. The lowest BCUT2D eigenvalue weighted by molar-refractivity contribution is -0.136. The number of amides is 2. The summed E-state index contributed by atoms with van der Waals surface area (Å²) in [6.45, 7) is 4.02. The fraction of sp³-hybridized carbons (Fsp3) is 0.167. The molecule has 0 spiro atoms. The van der Waals surface area contributed by atoms with Crippen LogP contribution in [0.1, 0.15) is 23.6 Å². The lowest BCUT2D eigenvalue weighted by Gasteiger charge is -2.04. The van der Waals surface area contributed by atoms with Crippen LogP contribution in [-0.4, -0.2) is 18.0 Å². The minimum absolute atomic E-state index is 0.565. The van der Waals surface area contributed by atoms with Gasteiger partial charge in [-0.05, 0) is 36.6 Å². The van der Waals surface area contributed by atoms with E-state index in [1.807, 2.05) is 43.3 Å². The predicted octanol–water partition coefficient (Wildman–Crippen LogP) is 2.65. The summed E-state index contributed by atoms with van der Waals surface area (Å²) >= 11 is 0. The third kappa shape index (κ3) is 5.07. The smallest absolute Gasteiger partial charge is 0.318 e. The molecule has 0 aliphatic rings. The Labute approximate surface area is 135 Å². The van der Waals surface area contributed by atoms with Crippen molar-refractivity contribution in [2.45, 2.75) is 20.3 Å². The quantitative estimate of drug-likeness (QED) is 0.518. The number of aryl methyl sites for hydroxylation is 2. The fourth-order valence-electron chi connectivity index (χ4n) is 1.88. The third-order valence-corrected chi connectivity index (χ3v) is 3.28. The number of benzene rings is 2. The zero-order valence-corrected chi connectivity index (χ0v) is 13.2. The molecule has 0 aliphatic heterocycles. The van der Waals surface area contributed by atoms with Gasteiger partial charge in [0.2, 0.25) is 0 Å². The van der Waals surface area contributed by atoms with E-state index in [1.54, 1.807) is 12.1 Å². The van der Waals surface area contributed by atoms with E-state index in [2.05, 4.69) is 22.8 Å². The molecule has 0 heterocycles. The molecule has 2 amide bonds. The normalized spacial score (nSPS) is 10.5. The van der Waals surface area contributed by atoms with Gasteiger partial charge in [0.1, 0.15) is 0 Å². The van der Waals surface area contributed by atoms with Gasteiger partial charge in [-0.15, -0.1) is 0 Å². The van der Waals surface area contributed by atoms with Gasteiger partial charge < -0.3 is 5.32 Å². The first-order valence-electron chi connectivity index (χ1n) is 7.38. The van der Waals surface area contributed by atoms with Gasteiger partial charge in [-0.1, -0.05) is 48.9 Å². The van der Waals surface area contributed by atoms with Crippen molar-refractivity contribution in [3.63, 3.8) is 0 Å². The molecule has 23 heavy (non-hydrogen) atoms. The Hall–Kier alpha value is -2.95. The molecule has 0 atom stereocenters. The number of hydrogen-bond donors (Lipinski definition) is 2. The summed E-state index contributed by atoms with van der Waals surface area (Å²) in [4.78, 5) is 23.4. The molecule has 2 N–H and O–H groups in total. The zero-order chi connectivity index (χ0) is 16.7. The summed E-state index contributed by atoms with van der Waals surface area (Å²) in [6, 6.07) is 15.0. The van der Waals surface area contributed by atoms with Crippen LogP contribution in [0, 0.1) is 6.92 Å². The van der Waals surface area contributed by atoms with E-state index in [9.17, 15) is 9.59 Å². The van der Waals surface area contributed by atoms with Crippen molar-refractivity contribution < 1.29 is 9.59 Å². The first-order chi connectivity index (χ1) is 11.1. The maximum atomic E-state index is 11.7. The molecule has 0 unspecified atom stereocenters. The molecule has 118 valence electrons. The first kappa shape index (κ1) is 16.4. The van der Waals surface area contributed by atoms with Crippen LogP contribution in [0.4, 0.5) is 5.69 Å². The number of anilines is 1. The number of carbonyl (C=O) groups is 2. The number of nitrogens with zero attached hydrogens (tertiary/aromatic N) is 1. The van der Waals surface area contributed by atoms with Crippen LogP contribution in [0.15, 0.2) is 53.6 Å². The number of hydrogen-bond acceptors (Lipinski definition) is 3. The lowest BCUT2D eigenvalue weighted by atomic mass is 10.1. The molecule has 0 saturated carbocycles. The molecular weight excluding hydrogens is 290 g/mol. The van der Waals surface area contributed by atoms with Gasteiger partial charge in [-0.25, -0.2) is 5.43 Å². The predicted molar refractivity (Wildman–Crippen MR) is 91.4 cm³/mol. The number of nitrogens with one attached hydrogen (secondary N) is 2. The van der Waals surface area contributed by atoms with Crippen molar-refractivity contribution in [1.29, 1.82) is 0 Å². The Morgan fingerprint density at radius 2 is 1.65 bits per heavy atom. The summed E-state index contributed by atoms with van der Waals surface area (Å²) in [5.74, 6) is -1.57. The highest BCUT2D eigenvalue weighted by molar-refractivity contribution is 6.39. The summed E-state index contributed by atoms with van der Waals surface area (Å²) in [6.07, 6.45) is 2.46. The van der Waals surface area contributed by atoms with Gasteiger partial charge in [0, 0.05) is 5.69 Å². The van der Waals surface area contributed by atoms with Crippen LogP contribution in [0.25, 0.3) is 0 Å². The lowest BCUT2D eigenvalue weighted by Crippen LogP contribution is -2.32. The zero-order valence-electron chi connectivity index (χ0n) is 13.2. The largest absolute Gasteiger partial charge is 0.329 e. The van der Waals surface area contributed by atoms with E-state index in [0.717, 1.165) is 17.5 Å². The molecule has 2 rings (SSSR count). The standard InChI is InChI=1S/C18H19N3O2/c1-3-14-6-8-15(9-7-14)12-19-21-18(23)17(22)20-16-10-4-13(2)5-11-16/h4-12H,3H2,1-2H3,(H,20,22)(H,21,23)/b19-12+. The summed E-state index contributed by atoms with van der Waals surface area (Å²) < 4.78 is 0. The first-order valence-corrected chi connectivity index (χ1v) is 7.38. The van der Waals surface area contributed by atoms with Crippen molar-refractivity contribution >= 4 is 23.7 Å². The van der Waals surface area contributed by atoms with E-state index < -0.39 is 11.8 Å². The average molecular weight is 309 g/mol. The summed E-state index contributed by atoms with van der Waals surface area (Å²) in [7, 11) is 0. The van der Waals surface area contributed by atoms with Crippen LogP contribution in [0.3, 0.4) is 0 Å². The van der Waals surface area contributed by atoms with Crippen molar-refractivity contribution in [2.75, 3.05) is 5.32 Å². The van der Waals surface area contributed by atoms with Crippen molar-refractivity contribution in [3.8, 4) is 0 Å². The van der Waals surface area contributed by atoms with E-state index in [1.165, 1.54) is 11.8 Å². The van der Waals surface area contributed by atoms with E-state index in [-0.39, 0.29) is 0 Å². The number of rotatable bonds is 4. The van der Waals surface area contributed by atoms with Gasteiger partial charge in [0.25, 0.3) is 0 Å². The second-order valence-electron chi connectivity index (χ2n) is 5.11. The molecule has 0 aromatic heterocycles. The van der Waals surface area contributed by atoms with Gasteiger partial charge in [0.15, 0.2) is 0 Å². The molecule has 0 bridgehead atoms. The molecule has 0 radical (unpaired) electrons. The van der Waals surface area contributed by atoms with Crippen LogP contribution >= 0.6 is 0 Å². The number of carbonyl (C=O) groups excluding carboxylic acids is 2. The van der Waals surface area contributed by atoms with Crippen LogP contribution in [0.5, 0.6) is 0 Å². The summed E-state index contributed by atoms with van der Waals surface area (Å²) in [5.41, 5.74) is 5.92. The Morgan fingerprint density at radius 1 is 1.00 bits per heavy atom. The van der Waals surface area contributed by atoms with Crippen LogP contribution in [-0.2, 0) is 16.0 Å². The van der Waals surface area contributed by atoms with Gasteiger partial charge in [-0.2, -0.15) is 5.10 Å². The van der Waals surface area contributed by atoms with Crippen molar-refractivity contribution in [3.05, 3.63) is 65.2 Å². The minimum Gasteiger partial charge on any atom is -0.318 e. The average Bonchev–Trinajstić information content (AvgIpc) is 2.57. The van der Waals surface area contributed by atoms with Crippen LogP contribution in [0.2, 0.25) is 0 Å². The van der Waals surface area contributed by atoms with Gasteiger partial charge in [0.05, 0.1) is 6.21 Å². The minimum atomic E-state index is -0.813. The Kier molecular flexibility index (Phi) is 5.63. The van der Waals surface area contributed by atoms with Gasteiger partial charge in [-0.3, -0.25) is 9.59 Å². The molecular formula is C18H19N3O2. The summed E-state index contributed by atoms with van der Waals surface area (Å²) in [5, 5.41) is 6.30. The monoisotopic (exact) mass is 309 g/mol. The van der Waals surface area contributed by atoms with Crippen molar-refractivity contribution in [2.24, 2.45) is 5.10 Å². The topological polar surface area (TPSA) is 70.6 Å².